The van der Waals surface area contributed by atoms with Gasteiger partial charge in [0.2, 0.25) is 15.9 Å². The average molecular weight is 409 g/mol. The number of halogens is 1. The van der Waals surface area contributed by atoms with Gasteiger partial charge in [0.25, 0.3) is 0 Å². The van der Waals surface area contributed by atoms with Gasteiger partial charge in [0.05, 0.1) is 11.4 Å². The number of nitrogens with zero attached hydrogens (tertiary/aromatic N) is 1. The topological polar surface area (TPSA) is 66.5 Å². The van der Waals surface area contributed by atoms with Crippen molar-refractivity contribution in [3.8, 4) is 0 Å². The van der Waals surface area contributed by atoms with Crippen molar-refractivity contribution < 1.29 is 13.2 Å². The van der Waals surface area contributed by atoms with Crippen LogP contribution in [0.2, 0.25) is 5.02 Å². The monoisotopic (exact) mass is 408 g/mol. The minimum atomic E-state index is -3.81. The summed E-state index contributed by atoms with van der Waals surface area (Å²) in [5.74, 6) is -0.315. The zero-order valence-electron chi connectivity index (χ0n) is 15.6. The lowest BCUT2D eigenvalue weighted by atomic mass is 10.2. The minimum absolute atomic E-state index is 0.000638. The number of hydrogen-bond acceptors (Lipinski definition) is 3. The quantitative estimate of drug-likeness (QED) is 0.685. The van der Waals surface area contributed by atoms with Crippen LogP contribution in [0.25, 0.3) is 0 Å². The molecule has 0 aliphatic heterocycles. The van der Waals surface area contributed by atoms with Crippen LogP contribution in [0.1, 0.15) is 32.3 Å². The van der Waals surface area contributed by atoms with Gasteiger partial charge in [0.15, 0.2) is 0 Å². The largest absolute Gasteiger partial charge is 0.353 e. The van der Waals surface area contributed by atoms with Gasteiger partial charge in [-0.15, -0.1) is 0 Å². The molecule has 5 nitrogen and oxygen atoms in total. The van der Waals surface area contributed by atoms with Crippen molar-refractivity contribution >= 4 is 27.5 Å². The molecular weight excluding hydrogens is 384 g/mol. The molecule has 0 radical (unpaired) electrons. The maximum Gasteiger partial charge on any atom is 0.243 e. The van der Waals surface area contributed by atoms with Gasteiger partial charge in [-0.25, -0.2) is 8.42 Å². The molecule has 0 aromatic heterocycles. The Labute approximate surface area is 166 Å². The summed E-state index contributed by atoms with van der Waals surface area (Å²) in [5, 5.41) is 3.44. The molecule has 2 aromatic rings. The summed E-state index contributed by atoms with van der Waals surface area (Å²) in [6, 6.07) is 15.1. The van der Waals surface area contributed by atoms with Crippen molar-refractivity contribution in [2.24, 2.45) is 0 Å². The molecule has 0 saturated carbocycles. The van der Waals surface area contributed by atoms with Crippen molar-refractivity contribution in [3.05, 3.63) is 65.2 Å². The van der Waals surface area contributed by atoms with E-state index in [1.165, 1.54) is 16.4 Å². The van der Waals surface area contributed by atoms with E-state index >= 15 is 0 Å². The fraction of sp³-hybridized carbons (Fsp3) is 0.350. The third kappa shape index (κ3) is 6.34. The molecule has 1 amide bonds. The number of nitrogens with one attached hydrogen (secondary N) is 1. The van der Waals surface area contributed by atoms with E-state index in [1.54, 1.807) is 42.5 Å². The standard InChI is InChI=1S/C20H25ClN2O3S/c1-3-7-16(2)22-20(24)15-23(14-17-10-12-18(21)13-11-17)27(25,26)19-8-5-4-6-9-19/h4-6,8-13,16H,3,7,14-15H2,1-2H3,(H,22,24)/t16-/m1/s1. The van der Waals surface area contributed by atoms with E-state index in [2.05, 4.69) is 5.32 Å². The second kappa shape index (κ2) is 9.88. The molecule has 0 fully saturated rings. The van der Waals surface area contributed by atoms with Crippen molar-refractivity contribution in [1.29, 1.82) is 0 Å². The molecule has 0 spiro atoms. The minimum Gasteiger partial charge on any atom is -0.353 e. The van der Waals surface area contributed by atoms with Crippen LogP contribution >= 0.6 is 11.6 Å². The SMILES string of the molecule is CCC[C@@H](C)NC(=O)CN(Cc1ccc(Cl)cc1)S(=O)(=O)c1ccccc1. The summed E-state index contributed by atoms with van der Waals surface area (Å²) in [6.07, 6.45) is 1.78. The van der Waals surface area contributed by atoms with Crippen LogP contribution in [0.5, 0.6) is 0 Å². The molecule has 146 valence electrons. The summed E-state index contributed by atoms with van der Waals surface area (Å²) >= 11 is 5.91. The third-order valence-corrected chi connectivity index (χ3v) is 6.16. The van der Waals surface area contributed by atoms with Crippen molar-refractivity contribution in [2.75, 3.05) is 6.54 Å². The molecule has 0 saturated heterocycles. The molecule has 0 aliphatic carbocycles. The average Bonchev–Trinajstić information content (AvgIpc) is 2.63. The van der Waals surface area contributed by atoms with Crippen LogP contribution in [0.3, 0.4) is 0 Å². The van der Waals surface area contributed by atoms with E-state index in [4.69, 9.17) is 11.6 Å². The Bertz CT molecular complexity index is 839. The summed E-state index contributed by atoms with van der Waals surface area (Å²) < 4.78 is 27.3. The van der Waals surface area contributed by atoms with E-state index in [0.717, 1.165) is 18.4 Å². The van der Waals surface area contributed by atoms with Crippen LogP contribution in [0.4, 0.5) is 0 Å². The van der Waals surface area contributed by atoms with E-state index in [1.807, 2.05) is 13.8 Å². The normalized spacial score (nSPS) is 12.7. The zero-order chi connectivity index (χ0) is 19.9. The van der Waals surface area contributed by atoms with Crippen LogP contribution in [-0.2, 0) is 21.4 Å². The summed E-state index contributed by atoms with van der Waals surface area (Å²) in [6.45, 7) is 3.80. The van der Waals surface area contributed by atoms with Gasteiger partial charge in [-0.3, -0.25) is 4.79 Å². The molecule has 27 heavy (non-hydrogen) atoms. The summed E-state index contributed by atoms with van der Waals surface area (Å²) in [4.78, 5) is 12.6. The first-order chi connectivity index (χ1) is 12.8. The van der Waals surface area contributed by atoms with Crippen LogP contribution < -0.4 is 5.32 Å². The molecule has 1 atom stereocenters. The second-order valence-corrected chi connectivity index (χ2v) is 8.84. The highest BCUT2D eigenvalue weighted by Gasteiger charge is 2.27. The van der Waals surface area contributed by atoms with Gasteiger partial charge in [0.1, 0.15) is 0 Å². The third-order valence-electron chi connectivity index (χ3n) is 4.10. The summed E-state index contributed by atoms with van der Waals surface area (Å²) in [7, 11) is -3.81. The Morgan fingerprint density at radius 2 is 1.74 bits per heavy atom. The lowest BCUT2D eigenvalue weighted by Gasteiger charge is -2.23. The molecule has 1 N–H and O–H groups in total. The second-order valence-electron chi connectivity index (χ2n) is 6.47. The van der Waals surface area contributed by atoms with Crippen LogP contribution in [-0.4, -0.2) is 31.2 Å². The van der Waals surface area contributed by atoms with Gasteiger partial charge in [0, 0.05) is 17.6 Å². The fourth-order valence-electron chi connectivity index (χ4n) is 2.75. The predicted octanol–water partition coefficient (Wildman–Crippen LogP) is 3.84. The van der Waals surface area contributed by atoms with Crippen LogP contribution in [0, 0.1) is 0 Å². The Hall–Kier alpha value is -1.89. The molecule has 2 rings (SSSR count). The van der Waals surface area contributed by atoms with Crippen molar-refractivity contribution in [3.63, 3.8) is 0 Å². The van der Waals surface area contributed by atoms with E-state index < -0.39 is 10.0 Å². The smallest absolute Gasteiger partial charge is 0.243 e. The maximum atomic E-state index is 13.1. The molecule has 0 bridgehead atoms. The number of benzene rings is 2. The van der Waals surface area contributed by atoms with Crippen molar-refractivity contribution in [2.45, 2.75) is 44.2 Å². The lowest BCUT2D eigenvalue weighted by Crippen LogP contribution is -2.43. The van der Waals surface area contributed by atoms with E-state index in [0.29, 0.717) is 5.02 Å². The van der Waals surface area contributed by atoms with E-state index in [9.17, 15) is 13.2 Å². The van der Waals surface area contributed by atoms with Gasteiger partial charge < -0.3 is 5.32 Å². The Kier molecular flexibility index (Phi) is 7.83. The number of sulfonamides is 1. The molecular formula is C20H25ClN2O3S. The highest BCUT2D eigenvalue weighted by Crippen LogP contribution is 2.19. The Morgan fingerprint density at radius 1 is 1.11 bits per heavy atom. The first kappa shape index (κ1) is 21.4. The fourth-order valence-corrected chi connectivity index (χ4v) is 4.28. The molecule has 7 heteroatoms. The first-order valence-electron chi connectivity index (χ1n) is 8.92. The number of hydrogen-bond donors (Lipinski definition) is 1. The zero-order valence-corrected chi connectivity index (χ0v) is 17.1. The van der Waals surface area contributed by atoms with E-state index in [-0.39, 0.29) is 29.9 Å². The lowest BCUT2D eigenvalue weighted by molar-refractivity contribution is -0.122. The van der Waals surface area contributed by atoms with Gasteiger partial charge in [-0.05, 0) is 43.2 Å². The molecule has 0 unspecified atom stereocenters. The molecule has 2 aromatic carbocycles. The number of rotatable bonds is 9. The molecule has 0 heterocycles. The highest BCUT2D eigenvalue weighted by atomic mass is 35.5. The maximum absolute atomic E-state index is 13.1. The van der Waals surface area contributed by atoms with Gasteiger partial charge >= 0.3 is 0 Å². The number of carbonyl (C=O) groups excluding carboxylic acids is 1. The highest BCUT2D eigenvalue weighted by molar-refractivity contribution is 7.89. The van der Waals surface area contributed by atoms with Gasteiger partial charge in [-0.2, -0.15) is 4.31 Å². The summed E-state index contributed by atoms with van der Waals surface area (Å²) in [5.41, 5.74) is 0.758. The Morgan fingerprint density at radius 3 is 2.33 bits per heavy atom. The van der Waals surface area contributed by atoms with Gasteiger partial charge in [-0.1, -0.05) is 55.3 Å². The van der Waals surface area contributed by atoms with Crippen molar-refractivity contribution in [1.82, 2.24) is 9.62 Å². The predicted molar refractivity (Wildman–Crippen MR) is 108 cm³/mol. The molecule has 0 aliphatic rings. The Balaban J connectivity index is 2.25. The number of amides is 1. The first-order valence-corrected chi connectivity index (χ1v) is 10.7. The van der Waals surface area contributed by atoms with Crippen LogP contribution in [0.15, 0.2) is 59.5 Å². The number of carbonyl (C=O) groups is 1.